The zero-order valence-corrected chi connectivity index (χ0v) is 16.9. The van der Waals surface area contributed by atoms with E-state index in [1.165, 1.54) is 16.9 Å². The number of carbonyl (C=O) groups is 1. The van der Waals surface area contributed by atoms with Crippen LogP contribution in [-0.2, 0) is 17.9 Å². The van der Waals surface area contributed by atoms with E-state index in [2.05, 4.69) is 21.3 Å². The fraction of sp³-hybridized carbons (Fsp3) is 0.273. The molecule has 0 bridgehead atoms. The van der Waals surface area contributed by atoms with Crippen molar-refractivity contribution in [1.29, 1.82) is 0 Å². The highest BCUT2D eigenvalue weighted by molar-refractivity contribution is 7.07. The van der Waals surface area contributed by atoms with Gasteiger partial charge >= 0.3 is 0 Å². The van der Waals surface area contributed by atoms with Gasteiger partial charge < -0.3 is 14.8 Å². The first-order valence-electron chi connectivity index (χ1n) is 9.56. The fourth-order valence-electron chi connectivity index (χ4n) is 3.16. The summed E-state index contributed by atoms with van der Waals surface area (Å²) < 4.78 is 11.1. The Labute approximate surface area is 174 Å². The van der Waals surface area contributed by atoms with E-state index in [4.69, 9.17) is 9.47 Å². The van der Waals surface area contributed by atoms with Gasteiger partial charge in [0.1, 0.15) is 12.4 Å². The molecule has 0 saturated carbocycles. The molecule has 4 rings (SSSR count). The largest absolute Gasteiger partial charge is 0.487 e. The third-order valence-corrected chi connectivity index (χ3v) is 5.30. The Kier molecular flexibility index (Phi) is 6.51. The molecule has 1 aliphatic rings. The number of hydrogen-bond acceptors (Lipinski definition) is 6. The van der Waals surface area contributed by atoms with Crippen molar-refractivity contribution >= 4 is 22.9 Å². The Balaban J connectivity index is 1.37. The summed E-state index contributed by atoms with van der Waals surface area (Å²) in [6.07, 6.45) is 0. The van der Waals surface area contributed by atoms with Crippen LogP contribution in [0.3, 0.4) is 0 Å². The highest BCUT2D eigenvalue weighted by Crippen LogP contribution is 2.18. The van der Waals surface area contributed by atoms with E-state index in [9.17, 15) is 4.79 Å². The normalized spacial score (nSPS) is 14.5. The highest BCUT2D eigenvalue weighted by Gasteiger charge is 2.12. The summed E-state index contributed by atoms with van der Waals surface area (Å²) in [5.41, 5.74) is 5.16. The minimum Gasteiger partial charge on any atom is -0.487 e. The molecule has 2 aromatic carbocycles. The number of aromatic nitrogens is 1. The standard InChI is InChI=1S/C22H23N3O3S/c26-22(18-4-2-6-21(12-18)28-14-20-15-29-16-23-20)24-19-5-1-3-17(11-19)13-25-7-9-27-10-8-25/h1-6,11-12,15-16H,7-10,13-14H2,(H,24,26). The molecule has 0 aliphatic carbocycles. The quantitative estimate of drug-likeness (QED) is 0.643. The van der Waals surface area contributed by atoms with Crippen molar-refractivity contribution in [2.75, 3.05) is 31.6 Å². The zero-order valence-electron chi connectivity index (χ0n) is 16.0. The van der Waals surface area contributed by atoms with Gasteiger partial charge in [-0.05, 0) is 35.9 Å². The summed E-state index contributed by atoms with van der Waals surface area (Å²) in [6.45, 7) is 4.66. The maximum Gasteiger partial charge on any atom is 0.255 e. The molecule has 1 fully saturated rings. The van der Waals surface area contributed by atoms with Crippen LogP contribution in [0.25, 0.3) is 0 Å². The first-order valence-corrected chi connectivity index (χ1v) is 10.5. The number of anilines is 1. The number of amides is 1. The van der Waals surface area contributed by atoms with Gasteiger partial charge in [0.15, 0.2) is 0 Å². The molecule has 1 amide bonds. The molecule has 0 radical (unpaired) electrons. The van der Waals surface area contributed by atoms with Gasteiger partial charge in [0.25, 0.3) is 5.91 Å². The minimum absolute atomic E-state index is 0.160. The van der Waals surface area contributed by atoms with E-state index >= 15 is 0 Å². The van der Waals surface area contributed by atoms with Crippen molar-refractivity contribution in [1.82, 2.24) is 9.88 Å². The summed E-state index contributed by atoms with van der Waals surface area (Å²) in [5, 5.41) is 4.93. The van der Waals surface area contributed by atoms with Gasteiger partial charge in [0, 0.05) is 36.3 Å². The lowest BCUT2D eigenvalue weighted by Crippen LogP contribution is -2.35. The second kappa shape index (κ2) is 9.65. The molecule has 1 aromatic heterocycles. The third-order valence-electron chi connectivity index (χ3n) is 4.66. The molecule has 0 unspecified atom stereocenters. The van der Waals surface area contributed by atoms with E-state index in [-0.39, 0.29) is 5.91 Å². The summed E-state index contributed by atoms with van der Waals surface area (Å²) in [5.74, 6) is 0.486. The molecule has 0 atom stereocenters. The number of hydrogen-bond donors (Lipinski definition) is 1. The number of nitrogens with one attached hydrogen (secondary N) is 1. The van der Waals surface area contributed by atoms with Gasteiger partial charge in [-0.1, -0.05) is 18.2 Å². The van der Waals surface area contributed by atoms with Gasteiger partial charge in [-0.3, -0.25) is 9.69 Å². The number of thiazole rings is 1. The van der Waals surface area contributed by atoms with Crippen LogP contribution in [0.15, 0.2) is 59.4 Å². The van der Waals surface area contributed by atoms with E-state index in [0.717, 1.165) is 44.2 Å². The van der Waals surface area contributed by atoms with Gasteiger partial charge in [-0.2, -0.15) is 0 Å². The van der Waals surface area contributed by atoms with E-state index in [1.807, 2.05) is 35.7 Å². The van der Waals surface area contributed by atoms with E-state index < -0.39 is 0 Å². The van der Waals surface area contributed by atoms with Crippen molar-refractivity contribution in [2.24, 2.45) is 0 Å². The van der Waals surface area contributed by atoms with Crippen LogP contribution < -0.4 is 10.1 Å². The van der Waals surface area contributed by atoms with E-state index in [1.54, 1.807) is 17.6 Å². The van der Waals surface area contributed by atoms with Gasteiger partial charge in [-0.15, -0.1) is 11.3 Å². The molecule has 1 aliphatic heterocycles. The maximum absolute atomic E-state index is 12.7. The summed E-state index contributed by atoms with van der Waals surface area (Å²) >= 11 is 1.53. The summed E-state index contributed by atoms with van der Waals surface area (Å²) in [4.78, 5) is 19.2. The predicted molar refractivity (Wildman–Crippen MR) is 113 cm³/mol. The smallest absolute Gasteiger partial charge is 0.255 e. The molecule has 0 spiro atoms. The Morgan fingerprint density at radius 1 is 1.17 bits per heavy atom. The van der Waals surface area contributed by atoms with E-state index in [0.29, 0.717) is 17.9 Å². The monoisotopic (exact) mass is 409 g/mol. The van der Waals surface area contributed by atoms with Crippen LogP contribution in [0.5, 0.6) is 5.75 Å². The average Bonchev–Trinajstić information content (AvgIpc) is 3.27. The van der Waals surface area contributed by atoms with Crippen LogP contribution in [0.1, 0.15) is 21.6 Å². The van der Waals surface area contributed by atoms with Crippen molar-refractivity contribution in [3.8, 4) is 5.75 Å². The minimum atomic E-state index is -0.160. The van der Waals surface area contributed by atoms with Gasteiger partial charge in [-0.25, -0.2) is 4.98 Å². The SMILES string of the molecule is O=C(Nc1cccc(CN2CCOCC2)c1)c1cccc(OCc2cscn2)c1. The van der Waals surface area contributed by atoms with Gasteiger partial charge in [0.2, 0.25) is 0 Å². The Morgan fingerprint density at radius 3 is 2.86 bits per heavy atom. The zero-order chi connectivity index (χ0) is 19.9. The summed E-state index contributed by atoms with van der Waals surface area (Å²) in [6, 6.07) is 15.2. The lowest BCUT2D eigenvalue weighted by molar-refractivity contribution is 0.0342. The Bertz CT molecular complexity index is 940. The third kappa shape index (κ3) is 5.63. The first-order chi connectivity index (χ1) is 14.3. The fourth-order valence-corrected chi connectivity index (χ4v) is 3.70. The number of nitrogens with zero attached hydrogens (tertiary/aromatic N) is 2. The molecule has 7 heteroatoms. The van der Waals surface area contributed by atoms with Crippen LogP contribution in [0, 0.1) is 0 Å². The number of morpholine rings is 1. The van der Waals surface area contributed by atoms with Crippen molar-refractivity contribution < 1.29 is 14.3 Å². The molecule has 1 saturated heterocycles. The highest BCUT2D eigenvalue weighted by atomic mass is 32.1. The van der Waals surface area contributed by atoms with Crippen molar-refractivity contribution in [3.63, 3.8) is 0 Å². The number of rotatable bonds is 7. The number of ether oxygens (including phenoxy) is 2. The van der Waals surface area contributed by atoms with Crippen molar-refractivity contribution in [3.05, 3.63) is 76.2 Å². The predicted octanol–water partition coefficient (Wildman–Crippen LogP) is 3.81. The summed E-state index contributed by atoms with van der Waals surface area (Å²) in [7, 11) is 0. The molecule has 29 heavy (non-hydrogen) atoms. The molecular weight excluding hydrogens is 386 g/mol. The molecule has 150 valence electrons. The topological polar surface area (TPSA) is 63.7 Å². The van der Waals surface area contributed by atoms with Crippen molar-refractivity contribution in [2.45, 2.75) is 13.2 Å². The second-order valence-corrected chi connectivity index (χ2v) is 7.56. The lowest BCUT2D eigenvalue weighted by Gasteiger charge is -2.26. The Hall–Kier alpha value is -2.74. The second-order valence-electron chi connectivity index (χ2n) is 6.84. The van der Waals surface area contributed by atoms with Crippen LogP contribution in [-0.4, -0.2) is 42.1 Å². The molecule has 6 nitrogen and oxygen atoms in total. The molecule has 3 aromatic rings. The van der Waals surface area contributed by atoms with Crippen LogP contribution in [0.2, 0.25) is 0 Å². The first kappa shape index (κ1) is 19.6. The van der Waals surface area contributed by atoms with Crippen LogP contribution >= 0.6 is 11.3 Å². The lowest BCUT2D eigenvalue weighted by atomic mass is 10.1. The maximum atomic E-state index is 12.7. The number of benzene rings is 2. The molecule has 2 heterocycles. The number of carbonyl (C=O) groups excluding carboxylic acids is 1. The average molecular weight is 410 g/mol. The molecule has 1 N–H and O–H groups in total. The molecular formula is C22H23N3O3S. The van der Waals surface area contributed by atoms with Gasteiger partial charge in [0.05, 0.1) is 24.4 Å². The Morgan fingerprint density at radius 2 is 2.03 bits per heavy atom. The van der Waals surface area contributed by atoms with Crippen LogP contribution in [0.4, 0.5) is 5.69 Å².